The molecule has 6 N–H and O–H groups in total. The Labute approximate surface area is 145 Å². The maximum atomic E-state index is 12.1. The highest BCUT2D eigenvalue weighted by Gasteiger charge is 2.23. The minimum atomic E-state index is -1.14. The van der Waals surface area contributed by atoms with Crippen molar-refractivity contribution in [2.45, 2.75) is 19.1 Å². The number of carbonyl (C=O) groups is 2. The van der Waals surface area contributed by atoms with E-state index in [0.717, 1.165) is 11.1 Å². The van der Waals surface area contributed by atoms with E-state index < -0.39 is 24.0 Å². The molecule has 6 heteroatoms. The van der Waals surface area contributed by atoms with Crippen LogP contribution in [0.15, 0.2) is 48.5 Å². The molecule has 0 fully saturated rings. The van der Waals surface area contributed by atoms with Crippen LogP contribution in [0.3, 0.4) is 0 Å². The number of aliphatic hydroxyl groups excluding tert-OH is 1. The molecule has 0 aliphatic heterocycles. The highest BCUT2D eigenvalue weighted by molar-refractivity contribution is 5.97. The number of rotatable bonds is 4. The lowest BCUT2D eigenvalue weighted by molar-refractivity contribution is -0.122. The molecule has 2 atom stereocenters. The highest BCUT2D eigenvalue weighted by Crippen LogP contribution is 2.07. The van der Waals surface area contributed by atoms with E-state index in [-0.39, 0.29) is 0 Å². The quantitative estimate of drug-likeness (QED) is 0.483. The number of primary amides is 1. The third kappa shape index (κ3) is 5.09. The van der Waals surface area contributed by atoms with E-state index in [9.17, 15) is 14.7 Å². The fourth-order valence-corrected chi connectivity index (χ4v) is 2.07. The number of nitrogens with one attached hydrogen (secondary N) is 1. The summed E-state index contributed by atoms with van der Waals surface area (Å²) in [5.41, 5.74) is 13.3. The van der Waals surface area contributed by atoms with E-state index >= 15 is 0 Å². The van der Waals surface area contributed by atoms with Gasteiger partial charge < -0.3 is 21.9 Å². The average Bonchev–Trinajstić information content (AvgIpc) is 2.59. The van der Waals surface area contributed by atoms with Crippen LogP contribution in [-0.2, 0) is 4.79 Å². The lowest BCUT2D eigenvalue weighted by Gasteiger charge is -2.17. The van der Waals surface area contributed by atoms with Crippen molar-refractivity contribution in [2.75, 3.05) is 5.73 Å². The number of nitrogen functional groups attached to an aromatic ring is 1. The Hall–Kier alpha value is -3.30. The van der Waals surface area contributed by atoms with Crippen molar-refractivity contribution < 1.29 is 14.7 Å². The monoisotopic (exact) mass is 337 g/mol. The number of carbonyl (C=O) groups excluding carboxylic acids is 2. The minimum absolute atomic E-state index is 0.338. The second-order valence-corrected chi connectivity index (χ2v) is 5.54. The molecule has 0 spiro atoms. The first-order chi connectivity index (χ1) is 11.9. The lowest BCUT2D eigenvalue weighted by Crippen LogP contribution is -2.50. The second kappa shape index (κ2) is 7.99. The largest absolute Gasteiger partial charge is 0.399 e. The van der Waals surface area contributed by atoms with Crippen LogP contribution < -0.4 is 16.8 Å². The Morgan fingerprint density at radius 1 is 1.00 bits per heavy atom. The molecule has 2 rings (SSSR count). The van der Waals surface area contributed by atoms with Gasteiger partial charge in [-0.25, -0.2) is 0 Å². The molecule has 2 aromatic rings. The summed E-state index contributed by atoms with van der Waals surface area (Å²) in [5.74, 6) is 4.69. The Morgan fingerprint density at radius 3 is 1.92 bits per heavy atom. The molecule has 2 amide bonds. The van der Waals surface area contributed by atoms with Crippen LogP contribution in [0.5, 0.6) is 0 Å². The fraction of sp³-hybridized carbons (Fsp3) is 0.158. The van der Waals surface area contributed by atoms with Gasteiger partial charge in [-0.1, -0.05) is 11.8 Å². The third-order valence-corrected chi connectivity index (χ3v) is 3.48. The summed E-state index contributed by atoms with van der Waals surface area (Å²) in [4.78, 5) is 23.3. The standard InChI is InChI=1S/C19H19N3O3/c1-12(23)17(18(21)24)22-19(25)15-8-4-13(5-9-15)2-3-14-6-10-16(20)11-7-14/h4-12,17,23H,20H2,1H3,(H2,21,24)(H,22,25)/t12-,17+/m1/s1. The lowest BCUT2D eigenvalue weighted by atomic mass is 10.1. The van der Waals surface area contributed by atoms with Crippen molar-refractivity contribution in [3.05, 3.63) is 65.2 Å². The molecule has 0 saturated carbocycles. The van der Waals surface area contributed by atoms with Gasteiger partial charge in [-0.3, -0.25) is 9.59 Å². The summed E-state index contributed by atoms with van der Waals surface area (Å²) in [6.07, 6.45) is -1.08. The van der Waals surface area contributed by atoms with Crippen molar-refractivity contribution in [1.82, 2.24) is 5.32 Å². The molecule has 0 heterocycles. The first-order valence-electron chi connectivity index (χ1n) is 7.62. The first-order valence-corrected chi connectivity index (χ1v) is 7.62. The normalized spacial score (nSPS) is 12.4. The number of nitrogens with two attached hydrogens (primary N) is 2. The van der Waals surface area contributed by atoms with Crippen molar-refractivity contribution in [3.63, 3.8) is 0 Å². The molecule has 0 saturated heterocycles. The summed E-state index contributed by atoms with van der Waals surface area (Å²) < 4.78 is 0. The third-order valence-electron chi connectivity index (χ3n) is 3.48. The predicted octanol–water partition coefficient (Wildman–Crippen LogP) is 0.633. The van der Waals surface area contributed by atoms with Gasteiger partial charge >= 0.3 is 0 Å². The van der Waals surface area contributed by atoms with E-state index in [1.807, 2.05) is 12.1 Å². The van der Waals surface area contributed by atoms with Gasteiger partial charge in [0.1, 0.15) is 6.04 Å². The van der Waals surface area contributed by atoms with Crippen molar-refractivity contribution in [2.24, 2.45) is 5.73 Å². The Bertz CT molecular complexity index is 816. The summed E-state index contributed by atoms with van der Waals surface area (Å²) >= 11 is 0. The van der Waals surface area contributed by atoms with Crippen LogP contribution in [0.25, 0.3) is 0 Å². The van der Waals surface area contributed by atoms with Gasteiger partial charge in [0.05, 0.1) is 6.10 Å². The van der Waals surface area contributed by atoms with Gasteiger partial charge in [0.15, 0.2) is 0 Å². The number of hydrogen-bond acceptors (Lipinski definition) is 4. The maximum Gasteiger partial charge on any atom is 0.252 e. The molecule has 2 aromatic carbocycles. The van der Waals surface area contributed by atoms with Crippen LogP contribution in [0.2, 0.25) is 0 Å². The minimum Gasteiger partial charge on any atom is -0.399 e. The van der Waals surface area contributed by atoms with Crippen molar-refractivity contribution in [1.29, 1.82) is 0 Å². The maximum absolute atomic E-state index is 12.1. The van der Waals surface area contributed by atoms with E-state index in [2.05, 4.69) is 17.2 Å². The first kappa shape index (κ1) is 18.0. The van der Waals surface area contributed by atoms with Crippen molar-refractivity contribution in [3.8, 4) is 11.8 Å². The van der Waals surface area contributed by atoms with Gasteiger partial charge in [-0.15, -0.1) is 0 Å². The zero-order chi connectivity index (χ0) is 18.4. The molecular weight excluding hydrogens is 318 g/mol. The van der Waals surface area contributed by atoms with E-state index in [1.54, 1.807) is 36.4 Å². The summed E-state index contributed by atoms with van der Waals surface area (Å²) in [6.45, 7) is 1.38. The zero-order valence-corrected chi connectivity index (χ0v) is 13.7. The Morgan fingerprint density at radius 2 is 1.48 bits per heavy atom. The van der Waals surface area contributed by atoms with Gasteiger partial charge in [-0.05, 0) is 55.5 Å². The van der Waals surface area contributed by atoms with Gasteiger partial charge in [0, 0.05) is 22.4 Å². The molecule has 0 radical (unpaired) electrons. The SMILES string of the molecule is C[C@@H](O)[C@H](NC(=O)c1ccc(C#Cc2ccc(N)cc2)cc1)C(N)=O. The topological polar surface area (TPSA) is 118 Å². The smallest absolute Gasteiger partial charge is 0.252 e. The van der Waals surface area contributed by atoms with Crippen LogP contribution in [-0.4, -0.2) is 29.1 Å². The molecule has 0 aliphatic rings. The van der Waals surface area contributed by atoms with Crippen LogP contribution in [0, 0.1) is 11.8 Å². The van der Waals surface area contributed by atoms with Gasteiger partial charge in [0.25, 0.3) is 5.91 Å². The number of hydrogen-bond donors (Lipinski definition) is 4. The molecule has 128 valence electrons. The van der Waals surface area contributed by atoms with Crippen LogP contribution in [0.1, 0.15) is 28.4 Å². The predicted molar refractivity (Wildman–Crippen MR) is 95.4 cm³/mol. The average molecular weight is 337 g/mol. The molecule has 0 aromatic heterocycles. The van der Waals surface area contributed by atoms with Gasteiger partial charge in [0.2, 0.25) is 5.91 Å². The van der Waals surface area contributed by atoms with Gasteiger partial charge in [-0.2, -0.15) is 0 Å². The van der Waals surface area contributed by atoms with E-state index in [0.29, 0.717) is 11.3 Å². The molecule has 25 heavy (non-hydrogen) atoms. The van der Waals surface area contributed by atoms with E-state index in [4.69, 9.17) is 11.5 Å². The summed E-state index contributed by atoms with van der Waals surface area (Å²) in [6, 6.07) is 12.6. The number of benzene rings is 2. The van der Waals surface area contributed by atoms with Crippen LogP contribution in [0.4, 0.5) is 5.69 Å². The Kier molecular flexibility index (Phi) is 5.77. The Balaban J connectivity index is 2.08. The molecule has 6 nitrogen and oxygen atoms in total. The molecule has 0 unspecified atom stereocenters. The summed E-state index contributed by atoms with van der Waals surface area (Å²) in [7, 11) is 0. The number of amides is 2. The molecule has 0 bridgehead atoms. The second-order valence-electron chi connectivity index (χ2n) is 5.54. The zero-order valence-electron chi connectivity index (χ0n) is 13.7. The number of anilines is 1. The van der Waals surface area contributed by atoms with Crippen molar-refractivity contribution >= 4 is 17.5 Å². The summed E-state index contributed by atoms with van der Waals surface area (Å²) in [5, 5.41) is 11.9. The highest BCUT2D eigenvalue weighted by atomic mass is 16.3. The number of aliphatic hydroxyl groups is 1. The molecular formula is C19H19N3O3. The molecule has 0 aliphatic carbocycles. The van der Waals surface area contributed by atoms with E-state index in [1.165, 1.54) is 6.92 Å². The fourth-order valence-electron chi connectivity index (χ4n) is 2.07. The van der Waals surface area contributed by atoms with Crippen LogP contribution >= 0.6 is 0 Å².